The largest absolute Gasteiger partial charge is 0.394 e. The Hall–Kier alpha value is -0.930. The predicted octanol–water partition coefficient (Wildman–Crippen LogP) is -3.49. The lowest BCUT2D eigenvalue weighted by Crippen LogP contribution is -2.67. The van der Waals surface area contributed by atoms with Crippen LogP contribution in [0.25, 0.3) is 0 Å². The van der Waals surface area contributed by atoms with Gasteiger partial charge in [0.05, 0.1) is 19.8 Å². The van der Waals surface area contributed by atoms with Gasteiger partial charge in [-0.05, 0) is 18.3 Å². The van der Waals surface area contributed by atoms with Crippen LogP contribution in [0.15, 0.2) is 0 Å². The normalized spacial score (nSPS) is 45.6. The zero-order valence-corrected chi connectivity index (χ0v) is 18.2. The highest BCUT2D eigenvalue weighted by molar-refractivity contribution is 5.78. The molecule has 12 heteroatoms. The van der Waals surface area contributed by atoms with E-state index in [1.54, 1.807) is 0 Å². The van der Waals surface area contributed by atoms with E-state index in [0.717, 1.165) is 6.42 Å². The summed E-state index contributed by atoms with van der Waals surface area (Å²) in [5, 5.41) is 71.3. The van der Waals surface area contributed by atoms with E-state index < -0.39 is 68.0 Å². The topological polar surface area (TPSA) is 190 Å². The smallest absolute Gasteiger partial charge is 0.223 e. The molecule has 186 valence electrons. The second-order valence-electron chi connectivity index (χ2n) is 9.44. The maximum atomic E-state index is 12.4. The van der Waals surface area contributed by atoms with Gasteiger partial charge in [0.1, 0.15) is 42.7 Å². The Balaban J connectivity index is 1.69. The molecule has 3 aliphatic rings. The predicted molar refractivity (Wildman–Crippen MR) is 106 cm³/mol. The van der Waals surface area contributed by atoms with Gasteiger partial charge in [-0.25, -0.2) is 0 Å². The quantitative estimate of drug-likeness (QED) is 0.198. The Kier molecular flexibility index (Phi) is 8.14. The summed E-state index contributed by atoms with van der Waals surface area (Å²) in [6.07, 6.45) is -11.5. The van der Waals surface area contributed by atoms with Gasteiger partial charge in [-0.3, -0.25) is 4.79 Å². The van der Waals surface area contributed by atoms with Crippen molar-refractivity contribution in [2.45, 2.75) is 81.5 Å². The van der Waals surface area contributed by atoms with Crippen LogP contribution in [-0.2, 0) is 19.0 Å². The highest BCUT2D eigenvalue weighted by atomic mass is 16.7. The van der Waals surface area contributed by atoms with E-state index in [4.69, 9.17) is 14.2 Å². The molecule has 0 aromatic rings. The average molecular weight is 465 g/mol. The van der Waals surface area contributed by atoms with E-state index >= 15 is 0 Å². The van der Waals surface area contributed by atoms with Crippen molar-refractivity contribution < 1.29 is 54.8 Å². The van der Waals surface area contributed by atoms with Gasteiger partial charge in [-0.2, -0.15) is 0 Å². The number of aliphatic hydroxyl groups is 7. The highest BCUT2D eigenvalue weighted by Crippen LogP contribution is 2.33. The molecule has 3 heterocycles. The number of nitrogens with zero attached hydrogens (tertiary/aromatic N) is 1. The number of amides is 1. The number of hydrogen-bond acceptors (Lipinski definition) is 11. The van der Waals surface area contributed by atoms with Gasteiger partial charge in [0.25, 0.3) is 0 Å². The summed E-state index contributed by atoms with van der Waals surface area (Å²) in [5.74, 6) is -1.91. The maximum Gasteiger partial charge on any atom is 0.223 e. The maximum absolute atomic E-state index is 12.4. The molecule has 0 bridgehead atoms. The number of β-amino-alcohol motifs (C(OH)–C–C–N with tert-alkyl or cyclic N) is 1. The standard InChI is InChI=1S/C20H35NO11/c1-9(2)3-10-4-13(24)21(5-10)8-20(29)18(28)17(11(23)7-30-20)32-19-16(27)15(26)14(25)12(6-22)31-19/h9-12,14-19,22-23,25-29H,3-8H2,1-2H3/t10-,11-,12+,14-,15-,16+,17-,18-,19-,20+/m0/s1. The molecular weight excluding hydrogens is 430 g/mol. The van der Waals surface area contributed by atoms with Crippen LogP contribution in [0.3, 0.4) is 0 Å². The zero-order chi connectivity index (χ0) is 23.8. The van der Waals surface area contributed by atoms with Crippen LogP contribution < -0.4 is 0 Å². The molecule has 0 saturated carbocycles. The molecular formula is C20H35NO11. The molecule has 3 rings (SSSR count). The molecule has 0 aromatic carbocycles. The minimum absolute atomic E-state index is 0.124. The Morgan fingerprint density at radius 1 is 1.16 bits per heavy atom. The molecule has 0 aliphatic carbocycles. The van der Waals surface area contributed by atoms with Crippen molar-refractivity contribution in [2.24, 2.45) is 11.8 Å². The number of aliphatic hydroxyl groups excluding tert-OH is 6. The summed E-state index contributed by atoms with van der Waals surface area (Å²) in [4.78, 5) is 13.8. The van der Waals surface area contributed by atoms with E-state index in [1.807, 2.05) is 0 Å². The van der Waals surface area contributed by atoms with E-state index in [-0.39, 0.29) is 18.4 Å². The summed E-state index contributed by atoms with van der Waals surface area (Å²) in [5.41, 5.74) is 0. The number of rotatable bonds is 7. The number of ether oxygens (including phenoxy) is 3. The zero-order valence-electron chi connectivity index (χ0n) is 18.2. The third-order valence-electron chi connectivity index (χ3n) is 6.31. The van der Waals surface area contributed by atoms with Crippen LogP contribution in [0, 0.1) is 11.8 Å². The number of carbonyl (C=O) groups excluding carboxylic acids is 1. The van der Waals surface area contributed by atoms with Gasteiger partial charge in [-0.1, -0.05) is 13.8 Å². The van der Waals surface area contributed by atoms with Crippen LogP contribution in [0.4, 0.5) is 0 Å². The molecule has 0 unspecified atom stereocenters. The first-order valence-corrected chi connectivity index (χ1v) is 10.9. The van der Waals surface area contributed by atoms with Crippen LogP contribution in [0.1, 0.15) is 26.7 Å². The molecule has 0 aromatic heterocycles. The fraction of sp³-hybridized carbons (Fsp3) is 0.950. The monoisotopic (exact) mass is 465 g/mol. The van der Waals surface area contributed by atoms with Crippen molar-refractivity contribution in [3.05, 3.63) is 0 Å². The third kappa shape index (κ3) is 5.25. The molecule has 10 atom stereocenters. The SMILES string of the molecule is CC(C)C[C@H]1CC(=O)N(C[C@@]2(O)OC[C@H](O)[C@H](O[C@@H]3O[C@H](CO)[C@H](O)[C@H](O)[C@H]3O)[C@@H]2O)C1. The molecule has 7 N–H and O–H groups in total. The Morgan fingerprint density at radius 3 is 2.47 bits per heavy atom. The van der Waals surface area contributed by atoms with Crippen LogP contribution in [-0.4, -0.2) is 128 Å². The summed E-state index contributed by atoms with van der Waals surface area (Å²) >= 11 is 0. The highest BCUT2D eigenvalue weighted by Gasteiger charge is 2.54. The Bertz CT molecular complexity index is 649. The Morgan fingerprint density at radius 2 is 1.84 bits per heavy atom. The van der Waals surface area contributed by atoms with Crippen molar-refractivity contribution in [2.75, 3.05) is 26.3 Å². The van der Waals surface area contributed by atoms with Gasteiger partial charge in [0.2, 0.25) is 11.7 Å². The average Bonchev–Trinajstić information content (AvgIpc) is 3.06. The van der Waals surface area contributed by atoms with Crippen LogP contribution in [0.2, 0.25) is 0 Å². The van der Waals surface area contributed by atoms with E-state index in [9.17, 15) is 40.5 Å². The number of likely N-dealkylation sites (tertiary alicyclic amines) is 1. The fourth-order valence-corrected chi connectivity index (χ4v) is 4.62. The summed E-state index contributed by atoms with van der Waals surface area (Å²) in [6.45, 7) is 3.04. The van der Waals surface area contributed by atoms with E-state index in [1.165, 1.54) is 4.90 Å². The van der Waals surface area contributed by atoms with Crippen LogP contribution >= 0.6 is 0 Å². The van der Waals surface area contributed by atoms with E-state index in [0.29, 0.717) is 18.9 Å². The van der Waals surface area contributed by atoms with Gasteiger partial charge >= 0.3 is 0 Å². The lowest BCUT2D eigenvalue weighted by atomic mass is 9.95. The Labute approximate surface area is 185 Å². The van der Waals surface area contributed by atoms with Gasteiger partial charge in [0, 0.05) is 13.0 Å². The molecule has 3 aliphatic heterocycles. The minimum atomic E-state index is -2.25. The van der Waals surface area contributed by atoms with Crippen molar-refractivity contribution >= 4 is 5.91 Å². The fourth-order valence-electron chi connectivity index (χ4n) is 4.62. The summed E-state index contributed by atoms with van der Waals surface area (Å²) in [6, 6.07) is 0. The summed E-state index contributed by atoms with van der Waals surface area (Å²) < 4.78 is 16.0. The third-order valence-corrected chi connectivity index (χ3v) is 6.31. The molecule has 12 nitrogen and oxygen atoms in total. The molecule has 1 amide bonds. The second-order valence-corrected chi connectivity index (χ2v) is 9.44. The lowest BCUT2D eigenvalue weighted by molar-refractivity contribution is -0.369. The van der Waals surface area contributed by atoms with Gasteiger partial charge < -0.3 is 54.9 Å². The van der Waals surface area contributed by atoms with Crippen LogP contribution in [0.5, 0.6) is 0 Å². The minimum Gasteiger partial charge on any atom is -0.394 e. The first kappa shape index (κ1) is 25.7. The van der Waals surface area contributed by atoms with Crippen molar-refractivity contribution in [3.8, 4) is 0 Å². The molecule has 3 fully saturated rings. The van der Waals surface area contributed by atoms with E-state index in [2.05, 4.69) is 13.8 Å². The summed E-state index contributed by atoms with van der Waals surface area (Å²) in [7, 11) is 0. The van der Waals surface area contributed by atoms with Gasteiger partial charge in [-0.15, -0.1) is 0 Å². The lowest BCUT2D eigenvalue weighted by Gasteiger charge is -2.47. The molecule has 0 spiro atoms. The van der Waals surface area contributed by atoms with Crippen molar-refractivity contribution in [1.29, 1.82) is 0 Å². The second kappa shape index (κ2) is 10.1. The van der Waals surface area contributed by atoms with Crippen molar-refractivity contribution in [1.82, 2.24) is 4.90 Å². The van der Waals surface area contributed by atoms with Gasteiger partial charge in [0.15, 0.2) is 6.29 Å². The van der Waals surface area contributed by atoms with Crippen molar-refractivity contribution in [3.63, 3.8) is 0 Å². The molecule has 0 radical (unpaired) electrons. The number of hydrogen-bond donors (Lipinski definition) is 7. The first-order chi connectivity index (χ1) is 15.0. The number of carbonyl (C=O) groups is 1. The molecule has 32 heavy (non-hydrogen) atoms. The molecule has 3 saturated heterocycles. The first-order valence-electron chi connectivity index (χ1n) is 10.9.